The Hall–Kier alpha value is -1.66. The average Bonchev–Trinajstić information content (AvgIpc) is 2.89. The van der Waals surface area contributed by atoms with Crippen LogP contribution in [0.5, 0.6) is 0 Å². The molecule has 0 fully saturated rings. The number of nitrogens with zero attached hydrogens (tertiary/aromatic N) is 1. The van der Waals surface area contributed by atoms with Crippen molar-refractivity contribution < 1.29 is 9.90 Å². The minimum Gasteiger partial charge on any atom is -0.480 e. The van der Waals surface area contributed by atoms with Gasteiger partial charge in [0.05, 0.1) is 10.6 Å². The molecular formula is C11H13N3O2S. The van der Waals surface area contributed by atoms with Crippen LogP contribution < -0.4 is 5.32 Å². The van der Waals surface area contributed by atoms with E-state index in [1.54, 1.807) is 7.05 Å². The molecule has 0 aliphatic carbocycles. The summed E-state index contributed by atoms with van der Waals surface area (Å²) in [6.45, 7) is 1.83. The smallest absolute Gasteiger partial charge is 0.326 e. The van der Waals surface area contributed by atoms with Crippen LogP contribution in [0.15, 0.2) is 18.5 Å². The highest BCUT2D eigenvalue weighted by molar-refractivity contribution is 7.15. The van der Waals surface area contributed by atoms with Crippen molar-refractivity contribution >= 4 is 17.3 Å². The molecule has 6 heteroatoms. The molecule has 5 nitrogen and oxygen atoms in total. The van der Waals surface area contributed by atoms with Gasteiger partial charge in [-0.3, -0.25) is 4.79 Å². The Balaban J connectivity index is 2.40. The van der Waals surface area contributed by atoms with Crippen LogP contribution in [0.3, 0.4) is 0 Å². The van der Waals surface area contributed by atoms with Crippen molar-refractivity contribution in [1.82, 2.24) is 15.3 Å². The van der Waals surface area contributed by atoms with Gasteiger partial charge in [0.2, 0.25) is 0 Å². The Morgan fingerprint density at radius 1 is 1.65 bits per heavy atom. The molecule has 1 atom stereocenters. The van der Waals surface area contributed by atoms with Crippen molar-refractivity contribution in [3.05, 3.63) is 29.0 Å². The zero-order chi connectivity index (χ0) is 12.4. The summed E-state index contributed by atoms with van der Waals surface area (Å²) in [6.07, 6.45) is 3.66. The number of aliphatic carboxylic acids is 1. The highest BCUT2D eigenvalue weighted by Gasteiger charge is 2.23. The fourth-order valence-corrected chi connectivity index (χ4v) is 2.79. The Morgan fingerprint density at radius 3 is 2.94 bits per heavy atom. The van der Waals surface area contributed by atoms with Crippen molar-refractivity contribution in [3.63, 3.8) is 0 Å². The summed E-state index contributed by atoms with van der Waals surface area (Å²) >= 11 is 1.40. The van der Waals surface area contributed by atoms with Crippen molar-refractivity contribution in [2.75, 3.05) is 7.05 Å². The zero-order valence-electron chi connectivity index (χ0n) is 9.52. The number of likely N-dealkylation sites (N-methyl/N-ethyl adjacent to an activating group) is 1. The van der Waals surface area contributed by atoms with Crippen LogP contribution in [0.2, 0.25) is 0 Å². The van der Waals surface area contributed by atoms with Gasteiger partial charge in [0, 0.05) is 18.0 Å². The molecule has 0 saturated carbocycles. The molecule has 0 bridgehead atoms. The van der Waals surface area contributed by atoms with Crippen LogP contribution in [-0.2, 0) is 4.79 Å². The fraction of sp³-hybridized carbons (Fsp3) is 0.273. The molecule has 0 spiro atoms. The summed E-state index contributed by atoms with van der Waals surface area (Å²) in [5, 5.41) is 12.7. The number of aromatic nitrogens is 2. The van der Waals surface area contributed by atoms with Gasteiger partial charge in [-0.25, -0.2) is 4.98 Å². The predicted octanol–water partition coefficient (Wildman–Crippen LogP) is 1.79. The number of thiazole rings is 1. The van der Waals surface area contributed by atoms with Crippen LogP contribution in [0, 0.1) is 6.92 Å². The summed E-state index contributed by atoms with van der Waals surface area (Å²) in [4.78, 5) is 19.2. The minimum absolute atomic E-state index is 0.694. The van der Waals surface area contributed by atoms with E-state index >= 15 is 0 Å². The second-order valence-corrected chi connectivity index (χ2v) is 4.66. The number of aryl methyl sites for hydroxylation is 1. The van der Waals surface area contributed by atoms with Crippen LogP contribution in [0.25, 0.3) is 10.6 Å². The summed E-state index contributed by atoms with van der Waals surface area (Å²) in [7, 11) is 1.63. The van der Waals surface area contributed by atoms with E-state index in [0.29, 0.717) is 0 Å². The van der Waals surface area contributed by atoms with Gasteiger partial charge in [-0.15, -0.1) is 11.3 Å². The number of nitrogens with one attached hydrogen (secondary N) is 2. The molecule has 90 valence electrons. The van der Waals surface area contributed by atoms with E-state index in [2.05, 4.69) is 15.3 Å². The SMILES string of the molecule is CNC(C(=O)O)c1sc(-c2cc[nH]c2)nc1C. The Morgan fingerprint density at radius 2 is 2.41 bits per heavy atom. The quantitative estimate of drug-likeness (QED) is 0.774. The Bertz CT molecular complexity index is 519. The number of carboxylic acids is 1. The molecule has 3 N–H and O–H groups in total. The van der Waals surface area contributed by atoms with Crippen LogP contribution in [-0.4, -0.2) is 28.1 Å². The first kappa shape index (κ1) is 11.8. The van der Waals surface area contributed by atoms with E-state index < -0.39 is 12.0 Å². The summed E-state index contributed by atoms with van der Waals surface area (Å²) in [5.74, 6) is -0.889. The maximum Gasteiger partial charge on any atom is 0.326 e. The van der Waals surface area contributed by atoms with Crippen molar-refractivity contribution in [2.45, 2.75) is 13.0 Å². The topological polar surface area (TPSA) is 78.0 Å². The second kappa shape index (κ2) is 4.68. The minimum atomic E-state index is -0.889. The third-order valence-corrected chi connectivity index (χ3v) is 3.75. The van der Waals surface area contributed by atoms with E-state index in [1.165, 1.54) is 11.3 Å². The summed E-state index contributed by atoms with van der Waals surface area (Å²) < 4.78 is 0. The Labute approximate surface area is 103 Å². The normalized spacial score (nSPS) is 12.6. The largest absolute Gasteiger partial charge is 0.480 e. The van der Waals surface area contributed by atoms with Gasteiger partial charge in [-0.1, -0.05) is 0 Å². The number of carboxylic acid groups (broad SMARTS) is 1. The maximum absolute atomic E-state index is 11.1. The number of carbonyl (C=O) groups is 1. The van der Waals surface area contributed by atoms with Gasteiger partial charge in [-0.2, -0.15) is 0 Å². The Kier molecular flexibility index (Phi) is 3.26. The molecule has 0 amide bonds. The summed E-state index contributed by atoms with van der Waals surface area (Å²) in [6, 6.07) is 1.22. The van der Waals surface area contributed by atoms with Crippen LogP contribution in [0.4, 0.5) is 0 Å². The van der Waals surface area contributed by atoms with Crippen LogP contribution >= 0.6 is 11.3 Å². The molecule has 17 heavy (non-hydrogen) atoms. The highest BCUT2D eigenvalue weighted by atomic mass is 32.1. The predicted molar refractivity (Wildman–Crippen MR) is 66.1 cm³/mol. The number of hydrogen-bond donors (Lipinski definition) is 3. The fourth-order valence-electron chi connectivity index (χ4n) is 1.62. The second-order valence-electron chi connectivity index (χ2n) is 3.63. The molecule has 2 rings (SSSR count). The number of H-pyrrole nitrogens is 1. The lowest BCUT2D eigenvalue weighted by Crippen LogP contribution is -2.24. The standard InChI is InChI=1S/C11H13N3O2S/c1-6-9(8(12-2)11(15)16)17-10(14-6)7-3-4-13-5-7/h3-5,8,12-13H,1-2H3,(H,15,16). The van der Waals surface area contributed by atoms with Crippen LogP contribution in [0.1, 0.15) is 16.6 Å². The number of aromatic amines is 1. The molecule has 1 unspecified atom stereocenters. The van der Waals surface area contributed by atoms with E-state index in [1.807, 2.05) is 25.4 Å². The van der Waals surface area contributed by atoms with Gasteiger partial charge in [0.1, 0.15) is 11.0 Å². The van der Waals surface area contributed by atoms with Gasteiger partial charge in [0.15, 0.2) is 0 Å². The van der Waals surface area contributed by atoms with Crippen molar-refractivity contribution in [1.29, 1.82) is 0 Å². The van der Waals surface area contributed by atoms with Gasteiger partial charge >= 0.3 is 5.97 Å². The molecule has 0 aliphatic heterocycles. The van der Waals surface area contributed by atoms with Gasteiger partial charge in [-0.05, 0) is 20.0 Å². The first-order valence-electron chi connectivity index (χ1n) is 5.14. The van der Waals surface area contributed by atoms with Crippen molar-refractivity contribution in [2.24, 2.45) is 0 Å². The monoisotopic (exact) mass is 251 g/mol. The van der Waals surface area contributed by atoms with E-state index in [4.69, 9.17) is 5.11 Å². The van der Waals surface area contributed by atoms with Crippen molar-refractivity contribution in [3.8, 4) is 10.6 Å². The number of rotatable bonds is 4. The first-order chi connectivity index (χ1) is 8.13. The van der Waals surface area contributed by atoms with Gasteiger partial charge < -0.3 is 15.4 Å². The van der Waals surface area contributed by atoms with E-state index in [9.17, 15) is 4.79 Å². The molecule has 2 heterocycles. The highest BCUT2D eigenvalue weighted by Crippen LogP contribution is 2.31. The molecule has 0 saturated heterocycles. The molecule has 0 radical (unpaired) electrons. The molecule has 2 aromatic heterocycles. The first-order valence-corrected chi connectivity index (χ1v) is 5.95. The molecule has 0 aromatic carbocycles. The summed E-state index contributed by atoms with van der Waals surface area (Å²) in [5.41, 5.74) is 1.73. The lowest BCUT2D eigenvalue weighted by molar-refractivity contribution is -0.139. The number of hydrogen-bond acceptors (Lipinski definition) is 4. The molecule has 0 aliphatic rings. The maximum atomic E-state index is 11.1. The molecule has 2 aromatic rings. The van der Waals surface area contributed by atoms with E-state index in [0.717, 1.165) is 21.1 Å². The van der Waals surface area contributed by atoms with Gasteiger partial charge in [0.25, 0.3) is 0 Å². The third-order valence-electron chi connectivity index (χ3n) is 2.48. The molecular weight excluding hydrogens is 238 g/mol. The lowest BCUT2D eigenvalue weighted by atomic mass is 10.2. The zero-order valence-corrected chi connectivity index (χ0v) is 10.3. The lowest BCUT2D eigenvalue weighted by Gasteiger charge is -2.08. The van der Waals surface area contributed by atoms with E-state index in [-0.39, 0.29) is 0 Å². The average molecular weight is 251 g/mol. The third kappa shape index (κ3) is 2.22.